The Hall–Kier alpha value is -2.12. The van der Waals surface area contributed by atoms with Crippen LogP contribution in [0.5, 0.6) is 0 Å². The summed E-state index contributed by atoms with van der Waals surface area (Å²) in [5, 5.41) is 3.30. The number of piperidine rings is 2. The van der Waals surface area contributed by atoms with E-state index in [1.165, 1.54) is 19.3 Å². The molecule has 1 amide bonds. The molecule has 3 fully saturated rings. The smallest absolute Gasteiger partial charge is 0.299 e. The lowest BCUT2D eigenvalue weighted by atomic mass is 9.82. The maximum Gasteiger partial charge on any atom is 0.299 e. The van der Waals surface area contributed by atoms with Gasteiger partial charge in [0.25, 0.3) is 11.9 Å². The molecule has 7 heteroatoms. The molecule has 0 unspecified atom stereocenters. The topological polar surface area (TPSA) is 70.8 Å². The minimum atomic E-state index is -0.0452. The fourth-order valence-electron chi connectivity index (χ4n) is 5.61. The first-order chi connectivity index (χ1) is 14.5. The minimum absolute atomic E-state index is 0.0452. The predicted octanol–water partition coefficient (Wildman–Crippen LogP) is 3.19. The molecule has 5 rings (SSSR count). The number of morpholine rings is 1. The zero-order valence-corrected chi connectivity index (χ0v) is 18.1. The molecule has 4 heterocycles. The van der Waals surface area contributed by atoms with Crippen LogP contribution < -0.4 is 10.2 Å². The van der Waals surface area contributed by atoms with E-state index in [2.05, 4.69) is 36.0 Å². The summed E-state index contributed by atoms with van der Waals surface area (Å²) < 4.78 is 11.7. The highest BCUT2D eigenvalue weighted by molar-refractivity contribution is 6.04. The Kier molecular flexibility index (Phi) is 5.19. The molecule has 7 nitrogen and oxygen atoms in total. The van der Waals surface area contributed by atoms with Crippen molar-refractivity contribution in [1.82, 2.24) is 15.2 Å². The summed E-state index contributed by atoms with van der Waals surface area (Å²) >= 11 is 0. The van der Waals surface area contributed by atoms with Gasteiger partial charge in [-0.2, -0.15) is 4.98 Å². The molecule has 4 atom stereocenters. The number of ether oxygens (including phenoxy) is 1. The number of para-hydroxylation sites is 1. The summed E-state index contributed by atoms with van der Waals surface area (Å²) in [6, 6.07) is 7.94. The van der Waals surface area contributed by atoms with Crippen LogP contribution in [0.3, 0.4) is 0 Å². The number of hydrogen-bond donors (Lipinski definition) is 1. The molecule has 1 aromatic heterocycles. The summed E-state index contributed by atoms with van der Waals surface area (Å²) in [6.45, 7) is 5.51. The lowest BCUT2D eigenvalue weighted by Gasteiger charge is -2.47. The number of nitrogens with zero attached hydrogens (tertiary/aromatic N) is 3. The van der Waals surface area contributed by atoms with Gasteiger partial charge in [0.2, 0.25) is 0 Å². The first kappa shape index (κ1) is 19.8. The van der Waals surface area contributed by atoms with Crippen molar-refractivity contribution in [2.24, 2.45) is 0 Å². The lowest BCUT2D eigenvalue weighted by molar-refractivity contribution is 0.0463. The highest BCUT2D eigenvalue weighted by Gasteiger charge is 2.37. The van der Waals surface area contributed by atoms with E-state index in [-0.39, 0.29) is 24.0 Å². The second-order valence-electron chi connectivity index (χ2n) is 9.34. The van der Waals surface area contributed by atoms with Crippen LogP contribution in [-0.2, 0) is 4.74 Å². The van der Waals surface area contributed by atoms with Crippen LogP contribution in [0.1, 0.15) is 56.3 Å². The van der Waals surface area contributed by atoms with Crippen LogP contribution >= 0.6 is 0 Å². The molecule has 0 radical (unpaired) electrons. The Morgan fingerprint density at radius 3 is 2.53 bits per heavy atom. The van der Waals surface area contributed by atoms with Gasteiger partial charge in [0.05, 0.1) is 30.9 Å². The van der Waals surface area contributed by atoms with Crippen LogP contribution in [0.25, 0.3) is 11.1 Å². The molecule has 1 N–H and O–H groups in total. The molecule has 0 aliphatic carbocycles. The average molecular weight is 413 g/mol. The Morgan fingerprint density at radius 1 is 1.13 bits per heavy atom. The number of nitrogens with one attached hydrogen (secondary N) is 1. The van der Waals surface area contributed by atoms with E-state index in [9.17, 15) is 4.79 Å². The number of carbonyl (C=O) groups excluding carboxylic acids is 1. The first-order valence-corrected chi connectivity index (χ1v) is 11.3. The number of rotatable bonds is 3. The number of hydrogen-bond acceptors (Lipinski definition) is 6. The number of fused-ring (bicyclic) bond motifs is 3. The largest absolute Gasteiger partial charge is 0.423 e. The molecule has 0 saturated carbocycles. The third-order valence-electron chi connectivity index (χ3n) is 7.22. The molecular formula is C23H32N4O3. The van der Waals surface area contributed by atoms with Crippen LogP contribution in [0.15, 0.2) is 22.6 Å². The van der Waals surface area contributed by atoms with Gasteiger partial charge in [-0.1, -0.05) is 12.5 Å². The molecule has 3 aliphatic rings. The average Bonchev–Trinajstić information content (AvgIpc) is 3.12. The molecular weight excluding hydrogens is 380 g/mol. The van der Waals surface area contributed by atoms with Crippen molar-refractivity contribution in [2.75, 3.05) is 25.2 Å². The summed E-state index contributed by atoms with van der Waals surface area (Å²) in [5.74, 6) is -0.0452. The lowest BCUT2D eigenvalue weighted by Crippen LogP contribution is -2.55. The minimum Gasteiger partial charge on any atom is -0.423 e. The van der Waals surface area contributed by atoms with Crippen molar-refractivity contribution < 1.29 is 13.9 Å². The fraction of sp³-hybridized carbons (Fsp3) is 0.652. The van der Waals surface area contributed by atoms with Gasteiger partial charge in [0.15, 0.2) is 5.58 Å². The first-order valence-electron chi connectivity index (χ1n) is 11.3. The van der Waals surface area contributed by atoms with E-state index in [1.807, 2.05) is 18.2 Å². The number of amides is 1. The molecule has 0 spiro atoms. The van der Waals surface area contributed by atoms with Crippen molar-refractivity contribution in [3.05, 3.63) is 23.8 Å². The van der Waals surface area contributed by atoms with Crippen molar-refractivity contribution in [3.63, 3.8) is 0 Å². The van der Waals surface area contributed by atoms with Gasteiger partial charge in [0, 0.05) is 18.1 Å². The summed E-state index contributed by atoms with van der Waals surface area (Å²) in [7, 11) is 2.23. The standard InChI is InChI=1S/C23H32N4O3/c1-14-12-29-13-15(2)27(14)23-25-21-19(8-5-9-20(21)30-23)22(28)24-16-10-17-6-4-7-18(11-16)26(17)3/h5,8-9,14-18H,4,6-7,10-13H2,1-3H3,(H,24,28)/t14-,15-,17+,18+/m0/s1. The number of oxazole rings is 1. The zero-order valence-electron chi connectivity index (χ0n) is 18.1. The van der Waals surface area contributed by atoms with Crippen LogP contribution in [0, 0.1) is 0 Å². The molecule has 1 aromatic carbocycles. The highest BCUT2D eigenvalue weighted by Crippen LogP contribution is 2.33. The zero-order chi connectivity index (χ0) is 20.8. The predicted molar refractivity (Wildman–Crippen MR) is 116 cm³/mol. The number of benzene rings is 1. The second kappa shape index (κ2) is 7.85. The molecule has 30 heavy (non-hydrogen) atoms. The van der Waals surface area contributed by atoms with Gasteiger partial charge in [-0.05, 0) is 58.7 Å². The summed E-state index contributed by atoms with van der Waals surface area (Å²) in [6.07, 6.45) is 5.83. The van der Waals surface area contributed by atoms with Gasteiger partial charge >= 0.3 is 0 Å². The van der Waals surface area contributed by atoms with Crippen molar-refractivity contribution in [1.29, 1.82) is 0 Å². The van der Waals surface area contributed by atoms with E-state index in [1.54, 1.807) is 0 Å². The quantitative estimate of drug-likeness (QED) is 0.835. The molecule has 3 aliphatic heterocycles. The molecule has 3 saturated heterocycles. The van der Waals surface area contributed by atoms with Gasteiger partial charge in [-0.25, -0.2) is 0 Å². The third kappa shape index (κ3) is 3.48. The van der Waals surface area contributed by atoms with Crippen LogP contribution in [0.4, 0.5) is 6.01 Å². The van der Waals surface area contributed by atoms with Crippen LogP contribution in [0.2, 0.25) is 0 Å². The van der Waals surface area contributed by atoms with Crippen molar-refractivity contribution >= 4 is 23.0 Å². The van der Waals surface area contributed by atoms with E-state index in [4.69, 9.17) is 14.1 Å². The van der Waals surface area contributed by atoms with E-state index in [0.29, 0.717) is 48.0 Å². The molecule has 162 valence electrons. The fourth-order valence-corrected chi connectivity index (χ4v) is 5.61. The number of carbonyl (C=O) groups is 1. The SMILES string of the molecule is C[C@H]1COC[C@H](C)N1c1nc2c(C(=O)NC3C[C@H]4CCC[C@H](C3)N4C)cccc2o1. The van der Waals surface area contributed by atoms with Gasteiger partial charge in [0.1, 0.15) is 5.52 Å². The Labute approximate surface area is 177 Å². The monoisotopic (exact) mass is 412 g/mol. The number of anilines is 1. The van der Waals surface area contributed by atoms with E-state index in [0.717, 1.165) is 12.8 Å². The highest BCUT2D eigenvalue weighted by atomic mass is 16.5. The van der Waals surface area contributed by atoms with Crippen LogP contribution in [-0.4, -0.2) is 66.3 Å². The van der Waals surface area contributed by atoms with Crippen molar-refractivity contribution in [3.8, 4) is 0 Å². The van der Waals surface area contributed by atoms with Gasteiger partial charge in [-0.15, -0.1) is 0 Å². The summed E-state index contributed by atoms with van der Waals surface area (Å²) in [4.78, 5) is 22.6. The van der Waals surface area contributed by atoms with Gasteiger partial charge < -0.3 is 24.3 Å². The summed E-state index contributed by atoms with van der Waals surface area (Å²) in [5.41, 5.74) is 1.90. The normalized spacial score (nSPS) is 32.4. The number of aromatic nitrogens is 1. The Bertz CT molecular complexity index is 904. The molecule has 2 aromatic rings. The van der Waals surface area contributed by atoms with E-state index < -0.39 is 0 Å². The van der Waals surface area contributed by atoms with E-state index >= 15 is 0 Å². The molecule has 2 bridgehead atoms. The van der Waals surface area contributed by atoms with Crippen molar-refractivity contribution in [2.45, 2.75) is 76.2 Å². The van der Waals surface area contributed by atoms with Gasteiger partial charge in [-0.3, -0.25) is 4.79 Å². The maximum absolute atomic E-state index is 13.2. The third-order valence-corrected chi connectivity index (χ3v) is 7.22. The Morgan fingerprint density at radius 2 is 1.83 bits per heavy atom. The Balaban J connectivity index is 1.38. The maximum atomic E-state index is 13.2. The second-order valence-corrected chi connectivity index (χ2v) is 9.34.